The molecule has 0 heterocycles. The van der Waals surface area contributed by atoms with Gasteiger partial charge in [0.1, 0.15) is 19.2 Å². The van der Waals surface area contributed by atoms with Crippen molar-refractivity contribution in [3.05, 3.63) is 23.8 Å². The number of ketones is 2. The Kier molecular flexibility index (Phi) is 13.8. The Morgan fingerprint density at radius 2 is 1.80 bits per heavy atom. The smallest absolute Gasteiger partial charge is 0.197 e. The molecule has 234 valence electrons. The van der Waals surface area contributed by atoms with E-state index in [4.69, 9.17) is 30.5 Å². The van der Waals surface area contributed by atoms with Crippen LogP contribution in [-0.4, -0.2) is 72.3 Å². The maximum absolute atomic E-state index is 12.9. The number of hydrogen-bond donors (Lipinski definition) is 2. The van der Waals surface area contributed by atoms with Crippen molar-refractivity contribution in [1.82, 2.24) is 0 Å². The number of allylic oxidation sites excluding steroid dienone is 4. The van der Waals surface area contributed by atoms with Crippen molar-refractivity contribution in [3.8, 4) is 0 Å². The Balaban J connectivity index is 0.000000380. The number of aliphatic hydroxyl groups is 2. The summed E-state index contributed by atoms with van der Waals surface area (Å²) in [7, 11) is 0.556. The summed E-state index contributed by atoms with van der Waals surface area (Å²) >= 11 is 7.39. The lowest BCUT2D eigenvalue weighted by molar-refractivity contribution is -0.139. The number of rotatable bonds is 9. The van der Waals surface area contributed by atoms with Gasteiger partial charge in [-0.1, -0.05) is 39.3 Å². The predicted octanol–water partition coefficient (Wildman–Crippen LogP) is 5.62. The number of aldehydes is 1. The molecule has 10 heteroatoms. The average Bonchev–Trinajstić information content (AvgIpc) is 3.19. The van der Waals surface area contributed by atoms with Crippen LogP contribution >= 0.6 is 20.0 Å². The second-order valence-electron chi connectivity index (χ2n) is 11.8. The average molecular weight is 617 g/mol. The molecule has 6 unspecified atom stereocenters. The Morgan fingerprint density at radius 3 is 2.32 bits per heavy atom. The molecule has 41 heavy (non-hydrogen) atoms. The quantitative estimate of drug-likeness (QED) is 0.195. The van der Waals surface area contributed by atoms with Gasteiger partial charge < -0.3 is 28.8 Å². The molecule has 0 aromatic carbocycles. The van der Waals surface area contributed by atoms with Crippen LogP contribution in [0.5, 0.6) is 0 Å². The summed E-state index contributed by atoms with van der Waals surface area (Å²) in [5.74, 6) is 0.657. The Bertz CT molecular complexity index is 966. The number of hydrogen-bond acceptors (Lipinski definition) is 8. The number of halogens is 1. The molecule has 0 radical (unpaired) electrons. The first-order valence-corrected chi connectivity index (χ1v) is 16.5. The number of ether oxygens (including phenoxy) is 1. The van der Waals surface area contributed by atoms with Crippen LogP contribution in [0.4, 0.5) is 0 Å². The summed E-state index contributed by atoms with van der Waals surface area (Å²) in [6, 6.07) is 0. The van der Waals surface area contributed by atoms with E-state index in [9.17, 15) is 19.5 Å². The third kappa shape index (κ3) is 7.22. The third-order valence-electron chi connectivity index (χ3n) is 9.44. The molecule has 0 aromatic rings. The first kappa shape index (κ1) is 36.2. The van der Waals surface area contributed by atoms with E-state index in [-0.39, 0.29) is 53.6 Å². The van der Waals surface area contributed by atoms with Crippen LogP contribution in [0.2, 0.25) is 0 Å². The van der Waals surface area contributed by atoms with E-state index in [1.54, 1.807) is 19.3 Å². The summed E-state index contributed by atoms with van der Waals surface area (Å²) in [6.45, 7) is 13.3. The molecule has 4 aliphatic rings. The van der Waals surface area contributed by atoms with Crippen molar-refractivity contribution in [2.75, 3.05) is 33.3 Å². The van der Waals surface area contributed by atoms with Crippen molar-refractivity contribution < 1.29 is 38.4 Å². The molecule has 0 aromatic heterocycles. The molecule has 2 N–H and O–H groups in total. The maximum atomic E-state index is 12.9. The minimum Gasteiger partial charge on any atom is -0.391 e. The third-order valence-corrected chi connectivity index (χ3v) is 11.7. The Morgan fingerprint density at radius 1 is 1.20 bits per heavy atom. The molecule has 3 saturated carbocycles. The zero-order chi connectivity index (χ0) is 31.0. The van der Waals surface area contributed by atoms with Crippen LogP contribution in [0.25, 0.3) is 0 Å². The lowest BCUT2D eigenvalue weighted by Gasteiger charge is -2.63. The van der Waals surface area contributed by atoms with Crippen LogP contribution < -0.4 is 0 Å². The predicted molar refractivity (Wildman–Crippen MR) is 162 cm³/mol. The highest BCUT2D eigenvalue weighted by atomic mass is 35.5. The largest absolute Gasteiger partial charge is 0.391 e. The zero-order valence-electron chi connectivity index (χ0n) is 25.7. The summed E-state index contributed by atoms with van der Waals surface area (Å²) in [6.07, 6.45) is 9.11. The summed E-state index contributed by atoms with van der Waals surface area (Å²) in [5, 5.41) is 20.0. The standard InChI is InChI=1S/C23H31ClO4.C5H13O3P.C3H6O/c1-13-9-17-16-6-5-14-10-15(25)7-8-22(14,3)23(16,24)19(27)11-21(17,2)20(13)18(26)12-28-4;1-3-7-9(5-6)8-4-2;1-2-3-4/h7-8,10,13,16-17,19-20,27H,5-6,9,11-12H2,1-4H3;6H,3-5H2,1-2H3;3H,2H2,1H3/t13?,16?,17-,19?,20?,21?,22?,23-;;/m0../s1. The van der Waals surface area contributed by atoms with E-state index >= 15 is 0 Å². The molecule has 3 fully saturated rings. The topological polar surface area (TPSA) is 119 Å². The first-order valence-electron chi connectivity index (χ1n) is 14.8. The maximum Gasteiger partial charge on any atom is 0.197 e. The van der Waals surface area contributed by atoms with Crippen LogP contribution in [0, 0.1) is 34.5 Å². The number of aliphatic hydroxyl groups excluding tert-OH is 2. The van der Waals surface area contributed by atoms with Gasteiger partial charge in [0.15, 0.2) is 19.9 Å². The molecule has 4 rings (SSSR count). The first-order chi connectivity index (χ1) is 19.4. The fraction of sp³-hybridized carbons (Fsp3) is 0.774. The normalized spacial score (nSPS) is 37.0. The minimum absolute atomic E-state index is 0.000967. The number of alkyl halides is 1. The van der Waals surface area contributed by atoms with E-state index in [1.807, 2.05) is 26.8 Å². The van der Waals surface area contributed by atoms with Gasteiger partial charge >= 0.3 is 0 Å². The van der Waals surface area contributed by atoms with Gasteiger partial charge in [0.05, 0.1) is 24.2 Å². The Hall–Kier alpha value is -0.990. The number of carbonyl (C=O) groups is 3. The van der Waals surface area contributed by atoms with E-state index in [0.29, 0.717) is 26.1 Å². The number of fused-ring (bicyclic) bond motifs is 5. The van der Waals surface area contributed by atoms with Crippen LogP contribution in [0.15, 0.2) is 23.8 Å². The van der Waals surface area contributed by atoms with Crippen LogP contribution in [0.1, 0.15) is 73.6 Å². The second kappa shape index (κ2) is 15.7. The molecule has 0 saturated heterocycles. The molecule has 0 spiro atoms. The molecule has 8 nitrogen and oxygen atoms in total. The molecular formula is C31H50ClO8P. The molecule has 0 amide bonds. The fourth-order valence-corrected chi connectivity index (χ4v) is 9.24. The lowest BCUT2D eigenvalue weighted by atomic mass is 9.46. The summed E-state index contributed by atoms with van der Waals surface area (Å²) in [4.78, 5) is 33.2. The minimum atomic E-state index is -1.00. The number of Topliss-reactive ketones (excluding diaryl/α,β-unsaturated/α-hetero) is 1. The van der Waals surface area contributed by atoms with E-state index in [0.717, 1.165) is 31.1 Å². The lowest BCUT2D eigenvalue weighted by Crippen LogP contribution is -2.66. The van der Waals surface area contributed by atoms with Crippen molar-refractivity contribution in [2.24, 2.45) is 34.5 Å². The van der Waals surface area contributed by atoms with Crippen molar-refractivity contribution in [2.45, 2.75) is 84.6 Å². The molecule has 0 bridgehead atoms. The van der Waals surface area contributed by atoms with Gasteiger partial charge in [-0.15, -0.1) is 11.6 Å². The van der Waals surface area contributed by atoms with Gasteiger partial charge in [-0.05, 0) is 74.9 Å². The van der Waals surface area contributed by atoms with Crippen LogP contribution in [-0.2, 0) is 28.2 Å². The fourth-order valence-electron chi connectivity index (χ4n) is 7.90. The highest BCUT2D eigenvalue weighted by Crippen LogP contribution is 2.70. The van der Waals surface area contributed by atoms with Gasteiger partial charge in [0.2, 0.25) is 0 Å². The molecule has 4 aliphatic carbocycles. The van der Waals surface area contributed by atoms with Crippen LogP contribution in [0.3, 0.4) is 0 Å². The zero-order valence-corrected chi connectivity index (χ0v) is 27.4. The SMILES string of the molecule is CCC=O.CCOP(CO)OCC.COCC(=O)C1C(C)C[C@H]2C3CCC4=CC(=O)C=CC4(C)[C@@]3(Cl)C(O)CC12C. The Labute approximate surface area is 252 Å². The van der Waals surface area contributed by atoms with Gasteiger partial charge in [-0.2, -0.15) is 0 Å². The monoisotopic (exact) mass is 616 g/mol. The van der Waals surface area contributed by atoms with Crippen molar-refractivity contribution in [3.63, 3.8) is 0 Å². The summed E-state index contributed by atoms with van der Waals surface area (Å²) in [5.41, 5.74) is 0.222. The van der Waals surface area contributed by atoms with Gasteiger partial charge in [0, 0.05) is 24.9 Å². The molecular weight excluding hydrogens is 567 g/mol. The van der Waals surface area contributed by atoms with Gasteiger partial charge in [-0.3, -0.25) is 9.59 Å². The van der Waals surface area contributed by atoms with E-state index in [2.05, 4.69) is 20.8 Å². The van der Waals surface area contributed by atoms with Gasteiger partial charge in [-0.25, -0.2) is 0 Å². The van der Waals surface area contributed by atoms with Crippen molar-refractivity contribution in [1.29, 1.82) is 0 Å². The second-order valence-corrected chi connectivity index (χ2v) is 13.9. The highest BCUT2D eigenvalue weighted by Gasteiger charge is 2.70. The number of carbonyl (C=O) groups excluding carboxylic acids is 3. The number of methoxy groups -OCH3 is 1. The van der Waals surface area contributed by atoms with E-state index in [1.165, 1.54) is 0 Å². The van der Waals surface area contributed by atoms with Gasteiger partial charge in [0.25, 0.3) is 0 Å². The summed E-state index contributed by atoms with van der Waals surface area (Å²) < 4.78 is 15.2. The van der Waals surface area contributed by atoms with Crippen molar-refractivity contribution >= 4 is 37.8 Å². The molecule has 8 atom stereocenters. The van der Waals surface area contributed by atoms with E-state index < -0.39 is 24.8 Å². The molecule has 0 aliphatic heterocycles. The highest BCUT2D eigenvalue weighted by molar-refractivity contribution is 7.46.